The van der Waals surface area contributed by atoms with E-state index in [2.05, 4.69) is 8.37 Å². The van der Waals surface area contributed by atoms with E-state index in [9.17, 15) is 50.5 Å². The number of rotatable bonds is 10. The van der Waals surface area contributed by atoms with Crippen molar-refractivity contribution in [2.24, 2.45) is 0 Å². The Morgan fingerprint density at radius 2 is 1.54 bits per heavy atom. The van der Waals surface area contributed by atoms with Gasteiger partial charge in [-0.2, -0.15) is 30.0 Å². The van der Waals surface area contributed by atoms with Crippen molar-refractivity contribution in [1.29, 1.82) is 0 Å². The van der Waals surface area contributed by atoms with Gasteiger partial charge in [-0.1, -0.05) is 0 Å². The lowest BCUT2D eigenvalue weighted by Gasteiger charge is -2.45. The van der Waals surface area contributed by atoms with Crippen LogP contribution in [-0.2, 0) is 58.5 Å². The van der Waals surface area contributed by atoms with Crippen LogP contribution in [0.3, 0.4) is 0 Å². The smallest absolute Gasteiger partial charge is 0.397 e. The summed E-state index contributed by atoms with van der Waals surface area (Å²) in [4.78, 5) is 11.5. The zero-order valence-electron chi connectivity index (χ0n) is 16.9. The molecule has 35 heavy (non-hydrogen) atoms. The van der Waals surface area contributed by atoms with Gasteiger partial charge >= 0.3 is 37.1 Å². The van der Waals surface area contributed by atoms with Crippen LogP contribution in [0.25, 0.3) is 0 Å². The zero-order valence-corrected chi connectivity index (χ0v) is 19.3. The molecule has 0 bridgehead atoms. The zero-order chi connectivity index (χ0) is 26.9. The minimum Gasteiger partial charge on any atom is -0.479 e. The van der Waals surface area contributed by atoms with Gasteiger partial charge in [0.05, 0.1) is 13.2 Å². The van der Waals surface area contributed by atoms with E-state index in [0.717, 1.165) is 0 Å². The predicted molar refractivity (Wildman–Crippen MR) is 101 cm³/mol. The van der Waals surface area contributed by atoms with Gasteiger partial charge in [0.25, 0.3) is 0 Å². The molecule has 9 atom stereocenters. The van der Waals surface area contributed by atoms with Crippen LogP contribution in [-0.4, -0.2) is 134 Å². The first-order valence-electron chi connectivity index (χ1n) is 9.01. The average Bonchev–Trinajstić information content (AvgIpc) is 2.66. The number of aliphatic hydroxyl groups is 3. The topological polar surface area (TPSA) is 319 Å². The van der Waals surface area contributed by atoms with Gasteiger partial charge in [-0.05, 0) is 0 Å². The van der Waals surface area contributed by atoms with Gasteiger partial charge in [0.1, 0.15) is 42.7 Å². The second-order valence-electron chi connectivity index (χ2n) is 7.10. The number of nitrogens with one attached hydrogen (secondary N) is 1. The maximum absolute atomic E-state index is 11.5. The van der Waals surface area contributed by atoms with Crippen molar-refractivity contribution < 1.29 is 86.7 Å². The lowest BCUT2D eigenvalue weighted by molar-refractivity contribution is -0.308. The summed E-state index contributed by atoms with van der Waals surface area (Å²) in [5.74, 6) is -1.80. The Morgan fingerprint density at radius 1 is 0.943 bits per heavy atom. The van der Waals surface area contributed by atoms with Gasteiger partial charge in [0.15, 0.2) is 12.4 Å². The van der Waals surface area contributed by atoms with E-state index in [0.29, 0.717) is 0 Å². The maximum Gasteiger partial charge on any atom is 0.397 e. The summed E-state index contributed by atoms with van der Waals surface area (Å²) in [5, 5.41) is 40.1. The molecule has 2 fully saturated rings. The summed E-state index contributed by atoms with van der Waals surface area (Å²) in [6.45, 7) is -2.10. The van der Waals surface area contributed by atoms with Crippen LogP contribution in [0.1, 0.15) is 0 Å². The van der Waals surface area contributed by atoms with Crippen LogP contribution in [0.5, 0.6) is 0 Å². The first kappa shape index (κ1) is 30.1. The van der Waals surface area contributed by atoms with Gasteiger partial charge in [-0.15, -0.1) is 0 Å². The summed E-state index contributed by atoms with van der Waals surface area (Å²) < 4.78 is 117. The molecule has 0 aromatic heterocycles. The van der Waals surface area contributed by atoms with Crippen LogP contribution in [0, 0.1) is 0 Å². The number of carbonyl (C=O) groups is 1. The average molecular weight is 579 g/mol. The highest BCUT2D eigenvalue weighted by Crippen LogP contribution is 2.29. The first-order chi connectivity index (χ1) is 15.8. The molecule has 0 aliphatic carbocycles. The van der Waals surface area contributed by atoms with Gasteiger partial charge in [-0.25, -0.2) is 13.2 Å². The quantitative estimate of drug-likeness (QED) is 0.112. The molecule has 8 N–H and O–H groups in total. The molecular weight excluding hydrogens is 558 g/mol. The van der Waals surface area contributed by atoms with E-state index in [-0.39, 0.29) is 0 Å². The molecule has 0 amide bonds. The van der Waals surface area contributed by atoms with E-state index in [1.165, 1.54) is 4.72 Å². The van der Waals surface area contributed by atoms with Crippen molar-refractivity contribution in [3.63, 3.8) is 0 Å². The fourth-order valence-electron chi connectivity index (χ4n) is 3.18. The molecular formula is C12H21NO19S3. The molecule has 0 spiro atoms. The lowest BCUT2D eigenvalue weighted by Crippen LogP contribution is -2.67. The summed E-state index contributed by atoms with van der Waals surface area (Å²) in [5.41, 5.74) is 0. The normalized spacial score (nSPS) is 37.1. The fraction of sp³-hybridized carbons (Fsp3) is 0.917. The standard InChI is InChI=1S/C12H21NO19S3/c14-6-3(2-29-34(22,23)24)30-12(5(8(6)16)13-33(19,20)21)31-9-7(15)4(32-35(25,26)27)1-28-10(9)11(17)18/h3-10,12-16H,1-2H2,(H,17,18)(H,19,20,21)(H,22,23,24)(H,25,26,27)/t3-,4+,5-,6-,7-,8-,9+,10-,12-/m1/s1. The Labute approximate surface area is 197 Å². The fourth-order valence-corrected chi connectivity index (χ4v) is 4.56. The van der Waals surface area contributed by atoms with E-state index in [1.54, 1.807) is 0 Å². The van der Waals surface area contributed by atoms with Crippen molar-refractivity contribution >= 4 is 37.1 Å². The summed E-state index contributed by atoms with van der Waals surface area (Å²) in [7, 11) is -15.5. The van der Waals surface area contributed by atoms with E-state index < -0.39 is 105 Å². The molecule has 0 aromatic rings. The Kier molecular flexibility index (Phi) is 9.51. The van der Waals surface area contributed by atoms with Crippen molar-refractivity contribution in [3.05, 3.63) is 0 Å². The molecule has 0 unspecified atom stereocenters. The van der Waals surface area contributed by atoms with Crippen molar-refractivity contribution in [1.82, 2.24) is 4.72 Å². The number of ether oxygens (including phenoxy) is 3. The summed E-state index contributed by atoms with van der Waals surface area (Å²) in [6, 6.07) is -2.16. The molecule has 0 saturated carbocycles. The highest BCUT2D eigenvalue weighted by Gasteiger charge is 2.52. The van der Waals surface area contributed by atoms with Gasteiger partial charge in [0, 0.05) is 0 Å². The number of carboxylic acids is 1. The highest BCUT2D eigenvalue weighted by atomic mass is 32.3. The van der Waals surface area contributed by atoms with Crippen molar-refractivity contribution in [2.45, 2.75) is 55.1 Å². The molecule has 2 aliphatic heterocycles. The van der Waals surface area contributed by atoms with Crippen molar-refractivity contribution in [2.75, 3.05) is 13.2 Å². The molecule has 0 aromatic carbocycles. The third-order valence-corrected chi connectivity index (χ3v) is 6.10. The van der Waals surface area contributed by atoms with E-state index >= 15 is 0 Å². The Bertz CT molecular complexity index is 1070. The largest absolute Gasteiger partial charge is 0.479 e. The summed E-state index contributed by atoms with van der Waals surface area (Å²) in [6.07, 6.45) is -17.1. The maximum atomic E-state index is 11.5. The molecule has 0 radical (unpaired) electrons. The minimum absolute atomic E-state index is 0.901. The molecule has 20 nitrogen and oxygen atoms in total. The van der Waals surface area contributed by atoms with Crippen LogP contribution >= 0.6 is 0 Å². The molecule has 2 saturated heterocycles. The third-order valence-electron chi connectivity index (χ3n) is 4.60. The first-order valence-corrected chi connectivity index (χ1v) is 13.2. The Balaban J connectivity index is 2.39. The molecule has 206 valence electrons. The second kappa shape index (κ2) is 11.1. The third kappa shape index (κ3) is 8.72. The van der Waals surface area contributed by atoms with Crippen molar-refractivity contribution in [3.8, 4) is 0 Å². The van der Waals surface area contributed by atoms with Gasteiger partial charge < -0.3 is 34.6 Å². The number of aliphatic carboxylic acids is 1. The van der Waals surface area contributed by atoms with Crippen LogP contribution in [0.2, 0.25) is 0 Å². The number of hydrogen-bond donors (Lipinski definition) is 8. The van der Waals surface area contributed by atoms with E-state index in [4.69, 9.17) is 27.9 Å². The number of hydrogen-bond acceptors (Lipinski definition) is 15. The van der Waals surface area contributed by atoms with Crippen LogP contribution in [0.4, 0.5) is 0 Å². The predicted octanol–water partition coefficient (Wildman–Crippen LogP) is -5.57. The number of aliphatic hydroxyl groups excluding tert-OH is 3. The lowest BCUT2D eigenvalue weighted by atomic mass is 9.96. The Hall–Kier alpha value is -1.16. The molecule has 23 heteroatoms. The van der Waals surface area contributed by atoms with E-state index in [1.807, 2.05) is 0 Å². The SMILES string of the molecule is O=C(O)[C@@H]1OC[C@H](OS(=O)(=O)O)[C@@H](O)[C@@H]1O[C@H]1O[C@H](COS(=O)(=O)O)[C@@H](O)[C@H](O)[C@H]1NS(=O)(=O)O. The number of carboxylic acid groups (broad SMARTS) is 1. The minimum atomic E-state index is -5.20. The molecule has 2 rings (SSSR count). The molecule has 2 aliphatic rings. The van der Waals surface area contributed by atoms with Gasteiger partial charge in [0.2, 0.25) is 0 Å². The monoisotopic (exact) mass is 579 g/mol. The van der Waals surface area contributed by atoms with Gasteiger partial charge in [-0.3, -0.25) is 13.7 Å². The van der Waals surface area contributed by atoms with Crippen LogP contribution < -0.4 is 4.72 Å². The molecule has 2 heterocycles. The second-order valence-corrected chi connectivity index (χ2v) is 10.4. The van der Waals surface area contributed by atoms with Crippen LogP contribution in [0.15, 0.2) is 0 Å². The summed E-state index contributed by atoms with van der Waals surface area (Å²) >= 11 is 0. The Morgan fingerprint density at radius 3 is 2.03 bits per heavy atom. The highest BCUT2D eigenvalue weighted by molar-refractivity contribution is 7.83.